The zero-order valence-corrected chi connectivity index (χ0v) is 11.0. The van der Waals surface area contributed by atoms with Gasteiger partial charge in [0.05, 0.1) is 12.7 Å². The van der Waals surface area contributed by atoms with Crippen molar-refractivity contribution in [3.05, 3.63) is 41.3 Å². The molecule has 92 valence electrons. The van der Waals surface area contributed by atoms with E-state index in [0.29, 0.717) is 4.91 Å². The van der Waals surface area contributed by atoms with Gasteiger partial charge in [0.2, 0.25) is 0 Å². The molecule has 0 unspecified atom stereocenters. The maximum atomic E-state index is 11.2. The summed E-state index contributed by atoms with van der Waals surface area (Å²) in [5, 5.41) is 9.99. The molecular weight excluding hydrogens is 236 g/mol. The summed E-state index contributed by atoms with van der Waals surface area (Å²) in [5.41, 5.74) is -1.07. The van der Waals surface area contributed by atoms with Gasteiger partial charge in [0, 0.05) is 15.9 Å². The Balaban J connectivity index is 2.94. The van der Waals surface area contributed by atoms with Crippen LogP contribution in [0.4, 0.5) is 0 Å². The van der Waals surface area contributed by atoms with Crippen LogP contribution in [0.1, 0.15) is 13.8 Å². The molecule has 0 aromatic heterocycles. The molecule has 0 spiro atoms. The largest absolute Gasteiger partial charge is 0.466 e. The third kappa shape index (κ3) is 4.63. The van der Waals surface area contributed by atoms with Gasteiger partial charge in [0.15, 0.2) is 0 Å². The van der Waals surface area contributed by atoms with Gasteiger partial charge in [-0.1, -0.05) is 30.0 Å². The van der Waals surface area contributed by atoms with Gasteiger partial charge in [0.25, 0.3) is 0 Å². The summed E-state index contributed by atoms with van der Waals surface area (Å²) in [6.45, 7) is 3.27. The second-order valence-corrected chi connectivity index (χ2v) is 5.12. The van der Waals surface area contributed by atoms with E-state index in [-0.39, 0.29) is 0 Å². The van der Waals surface area contributed by atoms with E-state index in [1.165, 1.54) is 24.9 Å². The first-order valence-corrected chi connectivity index (χ1v) is 6.00. The van der Waals surface area contributed by atoms with E-state index >= 15 is 0 Å². The average molecular weight is 252 g/mol. The zero-order valence-electron chi connectivity index (χ0n) is 10.1. The predicted molar refractivity (Wildman–Crippen MR) is 68.7 cm³/mol. The normalized spacial score (nSPS) is 12.4. The number of rotatable bonds is 4. The number of thioether (sulfide) groups is 1. The molecule has 0 aliphatic heterocycles. The molecule has 0 heterocycles. The third-order valence-electron chi connectivity index (χ3n) is 2.02. The van der Waals surface area contributed by atoms with Crippen molar-refractivity contribution in [1.82, 2.24) is 0 Å². The average Bonchev–Trinajstić information content (AvgIpc) is 2.28. The molecule has 0 saturated carbocycles. The van der Waals surface area contributed by atoms with Crippen molar-refractivity contribution in [3.63, 3.8) is 0 Å². The summed E-state index contributed by atoms with van der Waals surface area (Å²) in [6, 6.07) is 9.56. The molecular formula is C13H16O3S. The lowest BCUT2D eigenvalue weighted by Gasteiger charge is -2.20. The van der Waals surface area contributed by atoms with Crippen molar-refractivity contribution in [2.24, 2.45) is 0 Å². The van der Waals surface area contributed by atoms with Crippen molar-refractivity contribution in [2.45, 2.75) is 24.3 Å². The van der Waals surface area contributed by atoms with Gasteiger partial charge in [-0.2, -0.15) is 0 Å². The van der Waals surface area contributed by atoms with E-state index in [1.54, 1.807) is 13.8 Å². The number of ether oxygens (including phenoxy) is 1. The van der Waals surface area contributed by atoms with Gasteiger partial charge in [-0.15, -0.1) is 0 Å². The predicted octanol–water partition coefficient (Wildman–Crippen LogP) is 2.61. The van der Waals surface area contributed by atoms with Crippen LogP contribution in [0.25, 0.3) is 0 Å². The van der Waals surface area contributed by atoms with E-state index in [4.69, 9.17) is 0 Å². The standard InChI is InChI=1S/C13H16O3S/c1-13(2,15)11(9-12(14)16-3)17-10-7-5-4-6-8-10/h4-9,15H,1-3H3/b11-9+. The summed E-state index contributed by atoms with van der Waals surface area (Å²) in [6.07, 6.45) is 1.32. The molecule has 1 rings (SSSR count). The molecule has 0 atom stereocenters. The highest BCUT2D eigenvalue weighted by Gasteiger charge is 2.21. The summed E-state index contributed by atoms with van der Waals surface area (Å²) >= 11 is 1.35. The molecule has 0 saturated heterocycles. The number of hydrogen-bond donors (Lipinski definition) is 1. The quantitative estimate of drug-likeness (QED) is 0.508. The number of benzene rings is 1. The third-order valence-corrected chi connectivity index (χ3v) is 3.37. The first-order chi connectivity index (χ1) is 7.93. The molecule has 0 aliphatic carbocycles. The Hall–Kier alpha value is -1.26. The van der Waals surface area contributed by atoms with Crippen molar-refractivity contribution in [3.8, 4) is 0 Å². The van der Waals surface area contributed by atoms with Crippen LogP contribution in [0, 0.1) is 0 Å². The first-order valence-electron chi connectivity index (χ1n) is 5.19. The van der Waals surface area contributed by atoms with Crippen LogP contribution in [-0.2, 0) is 9.53 Å². The Morgan fingerprint density at radius 1 is 1.35 bits per heavy atom. The lowest BCUT2D eigenvalue weighted by Crippen LogP contribution is -2.21. The number of esters is 1. The fourth-order valence-electron chi connectivity index (χ4n) is 1.11. The molecule has 4 heteroatoms. The molecule has 0 aliphatic rings. The minimum absolute atomic E-state index is 0.467. The van der Waals surface area contributed by atoms with Gasteiger partial charge in [0.1, 0.15) is 0 Å². The Morgan fingerprint density at radius 2 is 1.94 bits per heavy atom. The fourth-order valence-corrected chi connectivity index (χ4v) is 2.06. The van der Waals surface area contributed by atoms with Crippen molar-refractivity contribution in [2.75, 3.05) is 7.11 Å². The lowest BCUT2D eigenvalue weighted by molar-refractivity contribution is -0.135. The zero-order chi connectivity index (χ0) is 12.9. The van der Waals surface area contributed by atoms with Crippen LogP contribution in [0.5, 0.6) is 0 Å². The fraction of sp³-hybridized carbons (Fsp3) is 0.308. The number of carbonyl (C=O) groups is 1. The molecule has 1 aromatic rings. The maximum absolute atomic E-state index is 11.2. The van der Waals surface area contributed by atoms with Gasteiger partial charge >= 0.3 is 5.97 Å². The van der Waals surface area contributed by atoms with Crippen molar-refractivity contribution < 1.29 is 14.6 Å². The van der Waals surface area contributed by atoms with E-state index in [2.05, 4.69) is 4.74 Å². The van der Waals surface area contributed by atoms with Gasteiger partial charge in [-0.25, -0.2) is 4.79 Å². The highest BCUT2D eigenvalue weighted by Crippen LogP contribution is 2.33. The molecule has 1 aromatic carbocycles. The smallest absolute Gasteiger partial charge is 0.331 e. The van der Waals surface area contributed by atoms with E-state index in [9.17, 15) is 9.90 Å². The van der Waals surface area contributed by atoms with E-state index in [1.807, 2.05) is 30.3 Å². The summed E-state index contributed by atoms with van der Waals surface area (Å²) in [5.74, 6) is -0.467. The Kier molecular flexibility index (Phi) is 4.78. The highest BCUT2D eigenvalue weighted by molar-refractivity contribution is 8.03. The van der Waals surface area contributed by atoms with Gasteiger partial charge in [-0.3, -0.25) is 0 Å². The molecule has 17 heavy (non-hydrogen) atoms. The highest BCUT2D eigenvalue weighted by atomic mass is 32.2. The topological polar surface area (TPSA) is 46.5 Å². The molecule has 3 nitrogen and oxygen atoms in total. The molecule has 0 bridgehead atoms. The monoisotopic (exact) mass is 252 g/mol. The summed E-state index contributed by atoms with van der Waals surface area (Å²) in [7, 11) is 1.31. The van der Waals surface area contributed by atoms with Crippen LogP contribution in [0.15, 0.2) is 46.2 Å². The lowest BCUT2D eigenvalue weighted by atomic mass is 10.1. The van der Waals surface area contributed by atoms with Crippen LogP contribution in [0.2, 0.25) is 0 Å². The van der Waals surface area contributed by atoms with Crippen molar-refractivity contribution in [1.29, 1.82) is 0 Å². The van der Waals surface area contributed by atoms with Crippen LogP contribution in [0.3, 0.4) is 0 Å². The number of hydrogen-bond acceptors (Lipinski definition) is 4. The molecule has 0 fully saturated rings. The maximum Gasteiger partial charge on any atom is 0.331 e. The van der Waals surface area contributed by atoms with Gasteiger partial charge in [-0.05, 0) is 26.0 Å². The van der Waals surface area contributed by atoms with Crippen LogP contribution >= 0.6 is 11.8 Å². The number of aliphatic hydroxyl groups is 1. The second-order valence-electron chi connectivity index (χ2n) is 4.01. The summed E-state index contributed by atoms with van der Waals surface area (Å²) in [4.78, 5) is 12.8. The molecule has 0 radical (unpaired) electrons. The van der Waals surface area contributed by atoms with E-state index < -0.39 is 11.6 Å². The van der Waals surface area contributed by atoms with Crippen LogP contribution < -0.4 is 0 Å². The second kappa shape index (κ2) is 5.89. The number of methoxy groups -OCH3 is 1. The molecule has 1 N–H and O–H groups in total. The minimum Gasteiger partial charge on any atom is -0.466 e. The van der Waals surface area contributed by atoms with E-state index in [0.717, 1.165) is 4.90 Å². The Bertz CT molecular complexity index is 404. The SMILES string of the molecule is COC(=O)/C=C(/Sc1ccccc1)C(C)(C)O. The van der Waals surface area contributed by atoms with Crippen molar-refractivity contribution >= 4 is 17.7 Å². The Morgan fingerprint density at radius 3 is 2.41 bits per heavy atom. The minimum atomic E-state index is -1.07. The Labute approximate surface area is 105 Å². The molecule has 0 amide bonds. The summed E-state index contributed by atoms with van der Waals surface area (Å²) < 4.78 is 4.57. The first kappa shape index (κ1) is 13.8. The van der Waals surface area contributed by atoms with Gasteiger partial charge < -0.3 is 9.84 Å². The van der Waals surface area contributed by atoms with Crippen LogP contribution in [-0.4, -0.2) is 23.8 Å². The number of carbonyl (C=O) groups excluding carboxylic acids is 1.